The Labute approximate surface area is 135 Å². The van der Waals surface area contributed by atoms with E-state index >= 15 is 0 Å². The summed E-state index contributed by atoms with van der Waals surface area (Å²) in [6.07, 6.45) is 0.843. The molecule has 1 saturated heterocycles. The van der Waals surface area contributed by atoms with Gasteiger partial charge in [0.05, 0.1) is 13.2 Å². The molecule has 1 aromatic rings. The number of hydrogen-bond acceptors (Lipinski definition) is 5. The normalized spacial score (nSPS) is 16.0. The second-order valence-electron chi connectivity index (χ2n) is 5.56. The van der Waals surface area contributed by atoms with Gasteiger partial charge in [0.1, 0.15) is 0 Å². The molecule has 1 aromatic heterocycles. The van der Waals surface area contributed by atoms with Crippen LogP contribution in [0, 0.1) is 0 Å². The third kappa shape index (κ3) is 4.69. The summed E-state index contributed by atoms with van der Waals surface area (Å²) in [7, 11) is 1.68. The molecule has 0 bridgehead atoms. The number of nitrogens with one attached hydrogen (secondary N) is 1. The summed E-state index contributed by atoms with van der Waals surface area (Å²) in [6.45, 7) is 6.11. The second-order valence-corrected chi connectivity index (χ2v) is 5.56. The molecule has 2 heterocycles. The first kappa shape index (κ1) is 17.3. The van der Waals surface area contributed by atoms with Crippen LogP contribution in [0.5, 0.6) is 5.88 Å². The monoisotopic (exact) mass is 324 g/mol. The number of carbonyl (C=O) groups excluding carboxylic acids is 2. The maximum Gasteiger partial charge on any atom is 0.272 e. The van der Waals surface area contributed by atoms with Crippen LogP contribution in [-0.2, 0) is 16.6 Å². The minimum Gasteiger partial charge on any atom is -0.468 e. The number of ether oxygens (including phenoxy) is 2. The van der Waals surface area contributed by atoms with E-state index in [1.165, 1.54) is 4.68 Å². The van der Waals surface area contributed by atoms with Gasteiger partial charge in [-0.15, -0.1) is 0 Å². The van der Waals surface area contributed by atoms with Crippen LogP contribution in [0.3, 0.4) is 0 Å². The topological polar surface area (TPSA) is 85.7 Å². The Hall–Kier alpha value is -2.09. The average molecular weight is 324 g/mol. The molecular formula is C15H24N4O4. The molecule has 128 valence electrons. The lowest BCUT2D eigenvalue weighted by Crippen LogP contribution is -2.43. The summed E-state index contributed by atoms with van der Waals surface area (Å²) < 4.78 is 12.2. The van der Waals surface area contributed by atoms with Crippen LogP contribution in [0.4, 0.5) is 0 Å². The SMILES string of the molecule is CCC(C)NC(=O)c1cc(OCC(=O)N2CCOCC2)n(C)n1. The Balaban J connectivity index is 1.90. The fraction of sp³-hybridized carbons (Fsp3) is 0.667. The lowest BCUT2D eigenvalue weighted by molar-refractivity contribution is -0.137. The van der Waals surface area contributed by atoms with Crippen LogP contribution in [0.15, 0.2) is 6.07 Å². The first-order valence-electron chi connectivity index (χ1n) is 7.84. The molecule has 1 N–H and O–H groups in total. The largest absolute Gasteiger partial charge is 0.468 e. The average Bonchev–Trinajstić information content (AvgIpc) is 2.94. The van der Waals surface area contributed by atoms with E-state index in [0.29, 0.717) is 32.2 Å². The van der Waals surface area contributed by atoms with Crippen molar-refractivity contribution in [3.8, 4) is 5.88 Å². The minimum absolute atomic E-state index is 0.0774. The highest BCUT2D eigenvalue weighted by molar-refractivity contribution is 5.92. The molecule has 0 aromatic carbocycles. The summed E-state index contributed by atoms with van der Waals surface area (Å²) >= 11 is 0. The predicted molar refractivity (Wildman–Crippen MR) is 83.3 cm³/mol. The van der Waals surface area contributed by atoms with Crippen LogP contribution < -0.4 is 10.1 Å². The lowest BCUT2D eigenvalue weighted by Gasteiger charge is -2.26. The van der Waals surface area contributed by atoms with Crippen molar-refractivity contribution in [2.24, 2.45) is 7.05 Å². The lowest BCUT2D eigenvalue weighted by atomic mass is 10.2. The maximum atomic E-state index is 12.0. The number of amides is 2. The van der Waals surface area contributed by atoms with Gasteiger partial charge in [0.25, 0.3) is 11.8 Å². The van der Waals surface area contributed by atoms with Gasteiger partial charge >= 0.3 is 0 Å². The summed E-state index contributed by atoms with van der Waals surface area (Å²) in [6, 6.07) is 1.63. The van der Waals surface area contributed by atoms with E-state index in [-0.39, 0.29) is 30.2 Å². The maximum absolute atomic E-state index is 12.0. The van der Waals surface area contributed by atoms with Gasteiger partial charge in [-0.2, -0.15) is 5.10 Å². The highest BCUT2D eigenvalue weighted by Crippen LogP contribution is 2.12. The van der Waals surface area contributed by atoms with Gasteiger partial charge in [0.2, 0.25) is 5.88 Å². The van der Waals surface area contributed by atoms with Gasteiger partial charge in [0, 0.05) is 32.2 Å². The van der Waals surface area contributed by atoms with Gasteiger partial charge < -0.3 is 19.7 Å². The molecular weight excluding hydrogens is 300 g/mol. The Morgan fingerprint density at radius 3 is 2.78 bits per heavy atom. The van der Waals surface area contributed by atoms with E-state index in [1.807, 2.05) is 13.8 Å². The van der Waals surface area contributed by atoms with Gasteiger partial charge in [-0.25, -0.2) is 4.68 Å². The Kier molecular flexibility index (Phi) is 5.97. The third-order valence-electron chi connectivity index (χ3n) is 3.77. The molecule has 23 heavy (non-hydrogen) atoms. The number of aromatic nitrogens is 2. The molecule has 2 rings (SSSR count). The van der Waals surface area contributed by atoms with E-state index < -0.39 is 0 Å². The van der Waals surface area contributed by atoms with Crippen LogP contribution >= 0.6 is 0 Å². The van der Waals surface area contributed by atoms with Gasteiger partial charge in [-0.05, 0) is 13.3 Å². The molecule has 8 heteroatoms. The van der Waals surface area contributed by atoms with Crippen molar-refractivity contribution in [3.63, 3.8) is 0 Å². The quantitative estimate of drug-likeness (QED) is 0.807. The van der Waals surface area contributed by atoms with Gasteiger partial charge in [-0.1, -0.05) is 6.92 Å². The summed E-state index contributed by atoms with van der Waals surface area (Å²) in [5, 5.41) is 6.97. The fourth-order valence-corrected chi connectivity index (χ4v) is 2.14. The Morgan fingerprint density at radius 2 is 2.13 bits per heavy atom. The number of aryl methyl sites for hydroxylation is 1. The molecule has 1 fully saturated rings. The summed E-state index contributed by atoms with van der Waals surface area (Å²) in [4.78, 5) is 25.8. The highest BCUT2D eigenvalue weighted by Gasteiger charge is 2.19. The van der Waals surface area contributed by atoms with Crippen molar-refractivity contribution >= 4 is 11.8 Å². The zero-order valence-electron chi connectivity index (χ0n) is 13.9. The molecule has 8 nitrogen and oxygen atoms in total. The molecule has 2 amide bonds. The Bertz CT molecular complexity index is 552. The molecule has 1 atom stereocenters. The number of hydrogen-bond donors (Lipinski definition) is 1. The van der Waals surface area contributed by atoms with Crippen molar-refractivity contribution in [3.05, 3.63) is 11.8 Å². The fourth-order valence-electron chi connectivity index (χ4n) is 2.14. The van der Waals surface area contributed by atoms with E-state index in [4.69, 9.17) is 9.47 Å². The zero-order valence-corrected chi connectivity index (χ0v) is 13.9. The number of nitrogens with zero attached hydrogens (tertiary/aromatic N) is 3. The minimum atomic E-state index is -0.246. The van der Waals surface area contributed by atoms with E-state index in [9.17, 15) is 9.59 Å². The van der Waals surface area contributed by atoms with E-state index in [0.717, 1.165) is 6.42 Å². The van der Waals surface area contributed by atoms with Crippen molar-refractivity contribution in [1.29, 1.82) is 0 Å². The first-order chi connectivity index (χ1) is 11.0. The van der Waals surface area contributed by atoms with Crippen LogP contribution in [0.2, 0.25) is 0 Å². The Morgan fingerprint density at radius 1 is 1.43 bits per heavy atom. The number of rotatable bonds is 6. The van der Waals surface area contributed by atoms with Crippen molar-refractivity contribution in [2.45, 2.75) is 26.3 Å². The highest BCUT2D eigenvalue weighted by atomic mass is 16.5. The molecule has 1 aliphatic rings. The van der Waals surface area contributed by atoms with Crippen molar-refractivity contribution in [1.82, 2.24) is 20.0 Å². The third-order valence-corrected chi connectivity index (χ3v) is 3.77. The molecule has 0 aliphatic carbocycles. The van der Waals surface area contributed by atoms with Crippen LogP contribution in [-0.4, -0.2) is 65.4 Å². The van der Waals surface area contributed by atoms with Crippen LogP contribution in [0.1, 0.15) is 30.8 Å². The first-order valence-corrected chi connectivity index (χ1v) is 7.84. The molecule has 1 unspecified atom stereocenters. The molecule has 0 radical (unpaired) electrons. The zero-order chi connectivity index (χ0) is 16.8. The van der Waals surface area contributed by atoms with E-state index in [1.54, 1.807) is 18.0 Å². The standard InChI is InChI=1S/C15H24N4O4/c1-4-11(2)16-15(21)12-9-14(18(3)17-12)23-10-13(20)19-5-7-22-8-6-19/h9,11H,4-8,10H2,1-3H3,(H,16,21). The smallest absolute Gasteiger partial charge is 0.272 e. The van der Waals surface area contributed by atoms with Gasteiger partial charge in [-0.3, -0.25) is 9.59 Å². The summed E-state index contributed by atoms with van der Waals surface area (Å²) in [5.41, 5.74) is 0.279. The van der Waals surface area contributed by atoms with E-state index in [2.05, 4.69) is 10.4 Å². The number of morpholine rings is 1. The molecule has 0 saturated carbocycles. The molecule has 1 aliphatic heterocycles. The second kappa shape index (κ2) is 7.96. The molecule has 0 spiro atoms. The van der Waals surface area contributed by atoms with Crippen LogP contribution in [0.25, 0.3) is 0 Å². The summed E-state index contributed by atoms with van der Waals surface area (Å²) in [5.74, 6) is 0.0466. The predicted octanol–water partition coefficient (Wildman–Crippen LogP) is 0.186. The van der Waals surface area contributed by atoms with Crippen molar-refractivity contribution < 1.29 is 19.1 Å². The van der Waals surface area contributed by atoms with Crippen molar-refractivity contribution in [2.75, 3.05) is 32.9 Å². The number of carbonyl (C=O) groups is 2. The van der Waals surface area contributed by atoms with Gasteiger partial charge in [0.15, 0.2) is 12.3 Å².